The third-order valence-electron chi connectivity index (χ3n) is 3.45. The molecule has 2 amide bonds. The Bertz CT molecular complexity index is 881. The van der Waals surface area contributed by atoms with E-state index in [9.17, 15) is 9.59 Å². The number of thiophene rings is 1. The Morgan fingerprint density at radius 1 is 1.17 bits per heavy atom. The van der Waals surface area contributed by atoms with Crippen LogP contribution in [-0.4, -0.2) is 16.9 Å². The van der Waals surface area contributed by atoms with Gasteiger partial charge in [0, 0.05) is 4.88 Å². The lowest BCUT2D eigenvalue weighted by Gasteiger charge is -2.29. The van der Waals surface area contributed by atoms with Crippen molar-refractivity contribution in [1.29, 1.82) is 0 Å². The van der Waals surface area contributed by atoms with Gasteiger partial charge in [0.1, 0.15) is 5.57 Å². The number of hydrogen-bond donors (Lipinski definition) is 1. The molecule has 0 saturated carbocycles. The number of nitrogens with zero attached hydrogens (tertiary/aromatic N) is 1. The van der Waals surface area contributed by atoms with Gasteiger partial charge in [-0.2, -0.15) is 0 Å². The molecule has 2 heterocycles. The molecule has 0 bridgehead atoms. The Kier molecular flexibility index (Phi) is 4.54. The van der Waals surface area contributed by atoms with Gasteiger partial charge in [-0.15, -0.1) is 11.3 Å². The van der Waals surface area contributed by atoms with Gasteiger partial charge in [-0.3, -0.25) is 19.8 Å². The number of anilines is 1. The largest absolute Gasteiger partial charge is 0.298 e. The summed E-state index contributed by atoms with van der Waals surface area (Å²) in [5.41, 5.74) is 2.68. The second-order valence-electron chi connectivity index (χ2n) is 5.45. The van der Waals surface area contributed by atoms with Crippen molar-refractivity contribution in [2.24, 2.45) is 0 Å². The Morgan fingerprint density at radius 3 is 2.42 bits per heavy atom. The quantitative estimate of drug-likeness (QED) is 0.492. The maximum Gasteiger partial charge on any atom is 0.270 e. The highest BCUT2D eigenvalue weighted by Gasteiger charge is 2.34. The molecular weight excluding hydrogens is 364 g/mol. The molecule has 0 aliphatic carbocycles. The monoisotopic (exact) mass is 376 g/mol. The fraction of sp³-hybridized carbons (Fsp3) is 0.118. The van der Waals surface area contributed by atoms with E-state index in [0.29, 0.717) is 10.0 Å². The van der Waals surface area contributed by atoms with Crippen LogP contribution in [0.15, 0.2) is 35.9 Å². The highest BCUT2D eigenvalue weighted by Crippen LogP contribution is 2.27. The number of thiocarbonyl (C=S) groups is 1. The number of benzene rings is 1. The van der Waals surface area contributed by atoms with E-state index in [2.05, 4.69) is 5.32 Å². The van der Waals surface area contributed by atoms with E-state index in [4.69, 9.17) is 23.8 Å². The number of nitrogens with one attached hydrogen (secondary N) is 1. The highest BCUT2D eigenvalue weighted by molar-refractivity contribution is 7.80. The average molecular weight is 377 g/mol. The molecule has 0 spiro atoms. The zero-order valence-corrected chi connectivity index (χ0v) is 15.3. The second-order valence-corrected chi connectivity index (χ2v) is 7.58. The normalized spacial score (nSPS) is 16.7. The van der Waals surface area contributed by atoms with E-state index >= 15 is 0 Å². The summed E-state index contributed by atoms with van der Waals surface area (Å²) in [5, 5.41) is 2.66. The number of aryl methyl sites for hydroxylation is 2. The van der Waals surface area contributed by atoms with E-state index in [1.54, 1.807) is 12.1 Å². The van der Waals surface area contributed by atoms with E-state index in [-0.39, 0.29) is 10.7 Å². The van der Waals surface area contributed by atoms with Gasteiger partial charge in [0.05, 0.1) is 10.0 Å². The van der Waals surface area contributed by atoms with Crippen molar-refractivity contribution in [3.8, 4) is 0 Å². The zero-order valence-electron chi connectivity index (χ0n) is 12.9. The second kappa shape index (κ2) is 6.47. The van der Waals surface area contributed by atoms with Crippen LogP contribution in [0.4, 0.5) is 5.69 Å². The van der Waals surface area contributed by atoms with Gasteiger partial charge in [0.15, 0.2) is 5.11 Å². The molecule has 7 heteroatoms. The molecule has 122 valence electrons. The van der Waals surface area contributed by atoms with Crippen LogP contribution in [0.25, 0.3) is 6.08 Å². The fourth-order valence-corrected chi connectivity index (χ4v) is 3.81. The van der Waals surface area contributed by atoms with Gasteiger partial charge in [-0.05, 0) is 67.5 Å². The minimum atomic E-state index is -0.504. The number of amides is 2. The summed E-state index contributed by atoms with van der Waals surface area (Å²) in [6, 6.07) is 9.19. The first-order valence-electron chi connectivity index (χ1n) is 7.10. The van der Waals surface area contributed by atoms with Gasteiger partial charge in [-0.25, -0.2) is 0 Å². The Balaban J connectivity index is 2.04. The summed E-state index contributed by atoms with van der Waals surface area (Å²) < 4.78 is 0.590. The molecule has 1 saturated heterocycles. The van der Waals surface area contributed by atoms with Crippen LogP contribution in [0.1, 0.15) is 16.0 Å². The molecule has 24 heavy (non-hydrogen) atoms. The molecule has 1 aliphatic rings. The maximum absolute atomic E-state index is 12.9. The summed E-state index contributed by atoms with van der Waals surface area (Å²) in [7, 11) is 0. The van der Waals surface area contributed by atoms with Gasteiger partial charge < -0.3 is 0 Å². The number of halogens is 1. The van der Waals surface area contributed by atoms with E-state index < -0.39 is 11.8 Å². The molecule has 0 unspecified atom stereocenters. The average Bonchev–Trinajstić information content (AvgIpc) is 2.87. The molecule has 2 aromatic rings. The predicted octanol–water partition coefficient (Wildman–Crippen LogP) is 3.85. The van der Waals surface area contributed by atoms with Crippen molar-refractivity contribution in [3.05, 3.63) is 56.2 Å². The molecule has 3 rings (SSSR count). The van der Waals surface area contributed by atoms with Gasteiger partial charge in [0.25, 0.3) is 11.8 Å². The summed E-state index contributed by atoms with van der Waals surface area (Å²) in [4.78, 5) is 27.1. The standard InChI is InChI=1S/C17H13ClN2O2S2/c1-9-5-10(2)7-11(6-9)20-16(22)13(15(21)19-17(20)23)8-12-3-4-14(18)24-12/h3-8H,1-2H3,(H,19,21,23)/b13-8+. The van der Waals surface area contributed by atoms with Crippen LogP contribution < -0.4 is 10.2 Å². The van der Waals surface area contributed by atoms with Crippen molar-refractivity contribution in [2.45, 2.75) is 13.8 Å². The van der Waals surface area contributed by atoms with Crippen LogP contribution >= 0.6 is 35.2 Å². The molecule has 1 fully saturated rings. The van der Waals surface area contributed by atoms with Crippen LogP contribution in [0.2, 0.25) is 4.34 Å². The minimum Gasteiger partial charge on any atom is -0.298 e. The van der Waals surface area contributed by atoms with Crippen molar-refractivity contribution >= 4 is 63.8 Å². The van der Waals surface area contributed by atoms with Crippen molar-refractivity contribution in [1.82, 2.24) is 5.32 Å². The lowest BCUT2D eigenvalue weighted by atomic mass is 10.1. The summed E-state index contributed by atoms with van der Waals surface area (Å²) in [6.45, 7) is 3.88. The van der Waals surface area contributed by atoms with Crippen LogP contribution in [0.3, 0.4) is 0 Å². The SMILES string of the molecule is Cc1cc(C)cc(N2C(=O)/C(=C/c3ccc(Cl)s3)C(=O)NC2=S)c1. The fourth-order valence-electron chi connectivity index (χ4n) is 2.52. The van der Waals surface area contributed by atoms with Crippen LogP contribution in [0, 0.1) is 13.8 Å². The third kappa shape index (κ3) is 3.26. The minimum absolute atomic E-state index is 0.0290. The third-order valence-corrected chi connectivity index (χ3v) is 4.91. The number of carbonyl (C=O) groups excluding carboxylic acids is 2. The Morgan fingerprint density at radius 2 is 1.83 bits per heavy atom. The Labute approximate surface area is 153 Å². The van der Waals surface area contributed by atoms with E-state index in [1.165, 1.54) is 22.3 Å². The lowest BCUT2D eigenvalue weighted by Crippen LogP contribution is -2.54. The van der Waals surface area contributed by atoms with Gasteiger partial charge in [-0.1, -0.05) is 17.7 Å². The molecule has 1 aromatic carbocycles. The Hall–Kier alpha value is -2.02. The van der Waals surface area contributed by atoms with Crippen molar-refractivity contribution < 1.29 is 9.59 Å². The molecule has 1 N–H and O–H groups in total. The summed E-state index contributed by atoms with van der Waals surface area (Å²) in [6.07, 6.45) is 1.53. The first-order chi connectivity index (χ1) is 11.3. The number of carbonyl (C=O) groups is 2. The lowest BCUT2D eigenvalue weighted by molar-refractivity contribution is -0.122. The van der Waals surface area contributed by atoms with Crippen LogP contribution in [0.5, 0.6) is 0 Å². The predicted molar refractivity (Wildman–Crippen MR) is 101 cm³/mol. The van der Waals surface area contributed by atoms with Crippen molar-refractivity contribution in [2.75, 3.05) is 4.90 Å². The molecule has 1 aliphatic heterocycles. The van der Waals surface area contributed by atoms with Crippen LogP contribution in [-0.2, 0) is 9.59 Å². The first kappa shape index (κ1) is 16.8. The van der Waals surface area contributed by atoms with Gasteiger partial charge >= 0.3 is 0 Å². The highest BCUT2D eigenvalue weighted by atomic mass is 35.5. The smallest absolute Gasteiger partial charge is 0.270 e. The number of hydrogen-bond acceptors (Lipinski definition) is 4. The molecule has 0 radical (unpaired) electrons. The maximum atomic E-state index is 12.9. The molecule has 1 aromatic heterocycles. The molecular formula is C17H13ClN2O2S2. The number of rotatable bonds is 2. The van der Waals surface area contributed by atoms with Crippen molar-refractivity contribution in [3.63, 3.8) is 0 Å². The van der Waals surface area contributed by atoms with Gasteiger partial charge in [0.2, 0.25) is 0 Å². The van der Waals surface area contributed by atoms with E-state index in [0.717, 1.165) is 16.0 Å². The summed E-state index contributed by atoms with van der Waals surface area (Å²) >= 11 is 12.4. The zero-order chi connectivity index (χ0) is 17.4. The summed E-state index contributed by atoms with van der Waals surface area (Å²) in [5.74, 6) is -0.951. The first-order valence-corrected chi connectivity index (χ1v) is 8.70. The van der Waals surface area contributed by atoms with E-state index in [1.807, 2.05) is 32.0 Å². The topological polar surface area (TPSA) is 49.4 Å². The molecule has 4 nitrogen and oxygen atoms in total. The molecule has 0 atom stereocenters.